The Hall–Kier alpha value is -2.53. The highest BCUT2D eigenvalue weighted by Gasteiger charge is 2.17. The van der Waals surface area contributed by atoms with Gasteiger partial charge in [-0.15, -0.1) is 0 Å². The van der Waals surface area contributed by atoms with Crippen LogP contribution in [0.1, 0.15) is 17.7 Å². The fraction of sp³-hybridized carbons (Fsp3) is 0.316. The van der Waals surface area contributed by atoms with Crippen LogP contribution in [0.3, 0.4) is 0 Å². The van der Waals surface area contributed by atoms with Gasteiger partial charge in [-0.1, -0.05) is 0 Å². The van der Waals surface area contributed by atoms with Crippen LogP contribution >= 0.6 is 0 Å². The van der Waals surface area contributed by atoms with E-state index >= 15 is 0 Å². The zero-order valence-corrected chi connectivity index (χ0v) is 13.8. The first-order chi connectivity index (χ1) is 11.8. The van der Waals surface area contributed by atoms with E-state index in [4.69, 9.17) is 14.3 Å². The van der Waals surface area contributed by atoms with Gasteiger partial charge in [-0.2, -0.15) is 5.10 Å². The first-order valence-electron chi connectivity index (χ1n) is 8.26. The van der Waals surface area contributed by atoms with Crippen molar-refractivity contribution in [3.05, 3.63) is 60.2 Å². The topological polar surface area (TPSA) is 43.4 Å². The molecule has 0 unspecified atom stereocenters. The summed E-state index contributed by atoms with van der Waals surface area (Å²) in [5.74, 6) is 0.866. The van der Waals surface area contributed by atoms with E-state index in [0.29, 0.717) is 0 Å². The van der Waals surface area contributed by atoms with Gasteiger partial charge in [0, 0.05) is 37.3 Å². The molecule has 0 atom stereocenters. The number of methoxy groups -OCH3 is 1. The number of ether oxygens (including phenoxy) is 1. The van der Waals surface area contributed by atoms with Crippen LogP contribution in [0.5, 0.6) is 5.75 Å². The number of nitrogens with zero attached hydrogens (tertiary/aromatic N) is 3. The summed E-state index contributed by atoms with van der Waals surface area (Å²) in [6.07, 6.45) is 4.67. The van der Waals surface area contributed by atoms with E-state index < -0.39 is 0 Å². The summed E-state index contributed by atoms with van der Waals surface area (Å²) in [4.78, 5) is 2.45. The molecule has 5 nitrogen and oxygen atoms in total. The zero-order chi connectivity index (χ0) is 16.4. The molecule has 24 heavy (non-hydrogen) atoms. The number of aromatic nitrogens is 2. The first-order valence-corrected chi connectivity index (χ1v) is 8.26. The molecule has 5 heteroatoms. The highest BCUT2D eigenvalue weighted by molar-refractivity contribution is 5.60. The highest BCUT2D eigenvalue weighted by Crippen LogP contribution is 2.24. The molecule has 1 aliphatic rings. The second kappa shape index (κ2) is 6.53. The number of fused-ring (bicyclic) bond motifs is 1. The van der Waals surface area contributed by atoms with E-state index in [-0.39, 0.29) is 0 Å². The van der Waals surface area contributed by atoms with Gasteiger partial charge in [-0.05, 0) is 42.8 Å². The lowest BCUT2D eigenvalue weighted by Gasteiger charge is -2.18. The first kappa shape index (κ1) is 15.0. The molecular formula is C19H21N3O2. The molecule has 4 rings (SSSR count). The Balaban J connectivity index is 1.55. The standard InChI is InChI=1S/C19H21N3O2/c1-23-18-5-3-16(4-6-18)19-11-17-13-21(8-2-9-22(17)20-19)12-15-7-10-24-14-15/h3-7,10-11,14H,2,8-9,12-13H2,1H3. The van der Waals surface area contributed by atoms with E-state index in [2.05, 4.69) is 27.8 Å². The molecule has 2 aromatic heterocycles. The third-order valence-corrected chi connectivity index (χ3v) is 4.47. The average molecular weight is 323 g/mol. The molecule has 0 radical (unpaired) electrons. The molecule has 0 aliphatic carbocycles. The Morgan fingerprint density at radius 3 is 2.79 bits per heavy atom. The maximum absolute atomic E-state index is 5.23. The van der Waals surface area contributed by atoms with Gasteiger partial charge in [0.05, 0.1) is 31.0 Å². The number of furan rings is 1. The summed E-state index contributed by atoms with van der Waals surface area (Å²) in [6, 6.07) is 12.3. The van der Waals surface area contributed by atoms with Crippen molar-refractivity contribution in [2.45, 2.75) is 26.1 Å². The van der Waals surface area contributed by atoms with Crippen LogP contribution in [0.4, 0.5) is 0 Å². The SMILES string of the molecule is COc1ccc(-c2cc3n(n2)CCCN(Cc2ccoc2)C3)cc1. The molecule has 0 saturated heterocycles. The fourth-order valence-electron chi connectivity index (χ4n) is 3.21. The molecule has 0 N–H and O–H groups in total. The lowest BCUT2D eigenvalue weighted by atomic mass is 10.1. The van der Waals surface area contributed by atoms with Crippen LogP contribution in [0.2, 0.25) is 0 Å². The van der Waals surface area contributed by atoms with Crippen molar-refractivity contribution in [1.82, 2.24) is 14.7 Å². The van der Waals surface area contributed by atoms with Crippen LogP contribution in [-0.4, -0.2) is 28.3 Å². The molecule has 0 amide bonds. The summed E-state index contributed by atoms with van der Waals surface area (Å²) in [6.45, 7) is 3.87. The molecule has 3 aromatic rings. The predicted octanol–water partition coefficient (Wildman–Crippen LogP) is 3.56. The molecule has 1 aromatic carbocycles. The van der Waals surface area contributed by atoms with Gasteiger partial charge in [-0.3, -0.25) is 9.58 Å². The predicted molar refractivity (Wildman–Crippen MR) is 91.7 cm³/mol. The maximum atomic E-state index is 5.23. The van der Waals surface area contributed by atoms with Crippen molar-refractivity contribution in [2.24, 2.45) is 0 Å². The Morgan fingerprint density at radius 2 is 2.04 bits per heavy atom. The number of hydrogen-bond acceptors (Lipinski definition) is 4. The third-order valence-electron chi connectivity index (χ3n) is 4.47. The zero-order valence-electron chi connectivity index (χ0n) is 13.8. The van der Waals surface area contributed by atoms with Gasteiger partial charge in [0.25, 0.3) is 0 Å². The smallest absolute Gasteiger partial charge is 0.118 e. The normalized spacial score (nSPS) is 15.0. The van der Waals surface area contributed by atoms with Crippen LogP contribution < -0.4 is 4.74 Å². The highest BCUT2D eigenvalue weighted by atomic mass is 16.5. The summed E-state index contributed by atoms with van der Waals surface area (Å²) in [5.41, 5.74) is 4.63. The van der Waals surface area contributed by atoms with Crippen molar-refractivity contribution in [3.8, 4) is 17.0 Å². The van der Waals surface area contributed by atoms with Crippen LogP contribution in [0.25, 0.3) is 11.3 Å². The minimum Gasteiger partial charge on any atom is -0.497 e. The van der Waals surface area contributed by atoms with E-state index in [0.717, 1.165) is 49.6 Å². The van der Waals surface area contributed by atoms with Crippen molar-refractivity contribution in [1.29, 1.82) is 0 Å². The minimum absolute atomic E-state index is 0.866. The fourth-order valence-corrected chi connectivity index (χ4v) is 3.21. The summed E-state index contributed by atoms with van der Waals surface area (Å²) in [5, 5.41) is 4.80. The van der Waals surface area contributed by atoms with E-state index in [1.54, 1.807) is 13.4 Å². The molecule has 0 spiro atoms. The van der Waals surface area contributed by atoms with Crippen LogP contribution in [0, 0.1) is 0 Å². The monoisotopic (exact) mass is 323 g/mol. The summed E-state index contributed by atoms with van der Waals surface area (Å²) in [7, 11) is 1.68. The lowest BCUT2D eigenvalue weighted by molar-refractivity contribution is 0.260. The average Bonchev–Trinajstić information content (AvgIpc) is 3.22. The van der Waals surface area contributed by atoms with Crippen LogP contribution in [-0.2, 0) is 19.6 Å². The van der Waals surface area contributed by atoms with Gasteiger partial charge in [0.2, 0.25) is 0 Å². The van der Waals surface area contributed by atoms with Gasteiger partial charge in [0.15, 0.2) is 0 Å². The number of hydrogen-bond donors (Lipinski definition) is 0. The van der Waals surface area contributed by atoms with Crippen molar-refractivity contribution >= 4 is 0 Å². The Kier molecular flexibility index (Phi) is 4.09. The van der Waals surface area contributed by atoms with Crippen molar-refractivity contribution in [3.63, 3.8) is 0 Å². The Morgan fingerprint density at radius 1 is 1.17 bits per heavy atom. The Labute approximate surface area is 141 Å². The van der Waals surface area contributed by atoms with Crippen molar-refractivity contribution < 1.29 is 9.15 Å². The van der Waals surface area contributed by atoms with Crippen LogP contribution in [0.15, 0.2) is 53.3 Å². The molecule has 0 bridgehead atoms. The van der Waals surface area contributed by atoms with Gasteiger partial charge in [-0.25, -0.2) is 0 Å². The lowest BCUT2D eigenvalue weighted by Crippen LogP contribution is -2.22. The van der Waals surface area contributed by atoms with Gasteiger partial charge >= 0.3 is 0 Å². The molecule has 124 valence electrons. The number of rotatable bonds is 4. The molecule has 0 fully saturated rings. The summed E-state index contributed by atoms with van der Waals surface area (Å²) < 4.78 is 12.6. The van der Waals surface area contributed by atoms with Crippen molar-refractivity contribution in [2.75, 3.05) is 13.7 Å². The molecule has 3 heterocycles. The minimum atomic E-state index is 0.866. The maximum Gasteiger partial charge on any atom is 0.118 e. The molecular weight excluding hydrogens is 302 g/mol. The second-order valence-electron chi connectivity index (χ2n) is 6.17. The third kappa shape index (κ3) is 3.08. The molecule has 1 aliphatic heterocycles. The van der Waals surface area contributed by atoms with Gasteiger partial charge < -0.3 is 9.15 Å². The quantitative estimate of drug-likeness (QED) is 0.736. The second-order valence-corrected chi connectivity index (χ2v) is 6.17. The van der Waals surface area contributed by atoms with E-state index in [1.165, 1.54) is 11.3 Å². The molecule has 0 saturated carbocycles. The number of aryl methyl sites for hydroxylation is 1. The van der Waals surface area contributed by atoms with E-state index in [9.17, 15) is 0 Å². The van der Waals surface area contributed by atoms with E-state index in [1.807, 2.05) is 24.5 Å². The summed E-state index contributed by atoms with van der Waals surface area (Å²) >= 11 is 0. The largest absolute Gasteiger partial charge is 0.497 e. The number of benzene rings is 1. The Bertz CT molecular complexity index is 791. The van der Waals surface area contributed by atoms with Gasteiger partial charge in [0.1, 0.15) is 5.75 Å².